The molecule has 92 valence electrons. The first kappa shape index (κ1) is 13.3. The van der Waals surface area contributed by atoms with Crippen molar-refractivity contribution in [2.45, 2.75) is 33.6 Å². The summed E-state index contributed by atoms with van der Waals surface area (Å²) in [5.74, 6) is 2.16. The second kappa shape index (κ2) is 6.09. The molecule has 2 nitrogen and oxygen atoms in total. The zero-order chi connectivity index (χ0) is 12.1. The Hall–Kier alpha value is -0.760. The van der Waals surface area contributed by atoms with Gasteiger partial charge in [-0.1, -0.05) is 20.4 Å². The van der Waals surface area contributed by atoms with Crippen molar-refractivity contribution >= 4 is 0 Å². The van der Waals surface area contributed by atoms with E-state index >= 15 is 0 Å². The third-order valence-corrected chi connectivity index (χ3v) is 3.00. The molecule has 1 fully saturated rings. The van der Waals surface area contributed by atoms with Gasteiger partial charge >= 0.3 is 0 Å². The molecular weight excluding hydrogens is 200 g/mol. The minimum atomic E-state index is 0.444. The van der Waals surface area contributed by atoms with Gasteiger partial charge in [0.15, 0.2) is 0 Å². The summed E-state index contributed by atoms with van der Waals surface area (Å²) in [4.78, 5) is 0. The predicted molar refractivity (Wildman–Crippen MR) is 67.2 cm³/mol. The fourth-order valence-electron chi connectivity index (χ4n) is 1.76. The maximum atomic E-state index is 5.54. The SMILES string of the molecule is C=C(/C(COCC)=C(\OC)C1CC1)C(C)C. The second-order valence-corrected chi connectivity index (χ2v) is 4.64. The zero-order valence-corrected chi connectivity index (χ0v) is 11.0. The van der Waals surface area contributed by atoms with Crippen LogP contribution in [0.3, 0.4) is 0 Å². The smallest absolute Gasteiger partial charge is 0.104 e. The van der Waals surface area contributed by atoms with Crippen LogP contribution in [-0.4, -0.2) is 20.3 Å². The van der Waals surface area contributed by atoms with Gasteiger partial charge in [-0.05, 0) is 31.3 Å². The van der Waals surface area contributed by atoms with Crippen molar-refractivity contribution in [2.75, 3.05) is 20.3 Å². The van der Waals surface area contributed by atoms with Crippen LogP contribution in [-0.2, 0) is 9.47 Å². The highest BCUT2D eigenvalue weighted by Crippen LogP contribution is 2.40. The van der Waals surface area contributed by atoms with Crippen LogP contribution in [0.2, 0.25) is 0 Å². The Morgan fingerprint density at radius 2 is 2.00 bits per heavy atom. The maximum absolute atomic E-state index is 5.54. The van der Waals surface area contributed by atoms with Gasteiger partial charge in [0.25, 0.3) is 0 Å². The lowest BCUT2D eigenvalue weighted by molar-refractivity contribution is 0.163. The molecule has 0 heterocycles. The maximum Gasteiger partial charge on any atom is 0.104 e. The molecule has 1 saturated carbocycles. The minimum Gasteiger partial charge on any atom is -0.500 e. The second-order valence-electron chi connectivity index (χ2n) is 4.64. The molecule has 0 unspecified atom stereocenters. The Morgan fingerprint density at radius 1 is 1.38 bits per heavy atom. The highest BCUT2D eigenvalue weighted by atomic mass is 16.5. The van der Waals surface area contributed by atoms with E-state index in [0.29, 0.717) is 18.4 Å². The lowest BCUT2D eigenvalue weighted by atomic mass is 9.95. The molecule has 0 aromatic rings. The van der Waals surface area contributed by atoms with E-state index in [1.54, 1.807) is 7.11 Å². The lowest BCUT2D eigenvalue weighted by Gasteiger charge is -2.18. The van der Waals surface area contributed by atoms with Crippen molar-refractivity contribution in [3.8, 4) is 0 Å². The number of rotatable bonds is 7. The van der Waals surface area contributed by atoms with E-state index in [1.165, 1.54) is 18.4 Å². The number of ether oxygens (including phenoxy) is 2. The molecule has 0 aromatic heterocycles. The fraction of sp³-hybridized carbons (Fsp3) is 0.714. The molecule has 2 heteroatoms. The first-order valence-electron chi connectivity index (χ1n) is 6.15. The number of hydrogen-bond acceptors (Lipinski definition) is 2. The average molecular weight is 224 g/mol. The molecule has 0 saturated heterocycles. The van der Waals surface area contributed by atoms with Gasteiger partial charge in [0, 0.05) is 18.1 Å². The summed E-state index contributed by atoms with van der Waals surface area (Å²) in [7, 11) is 1.76. The van der Waals surface area contributed by atoms with Crippen LogP contribution in [0.5, 0.6) is 0 Å². The van der Waals surface area contributed by atoms with E-state index in [0.717, 1.165) is 17.9 Å². The number of methoxy groups -OCH3 is 1. The molecule has 1 aliphatic rings. The Kier molecular flexibility index (Phi) is 5.07. The molecule has 0 radical (unpaired) electrons. The summed E-state index contributed by atoms with van der Waals surface area (Å²) in [6, 6.07) is 0. The molecule has 0 spiro atoms. The van der Waals surface area contributed by atoms with E-state index in [-0.39, 0.29) is 0 Å². The van der Waals surface area contributed by atoms with E-state index in [9.17, 15) is 0 Å². The van der Waals surface area contributed by atoms with E-state index in [4.69, 9.17) is 9.47 Å². The minimum absolute atomic E-state index is 0.444. The molecule has 0 amide bonds. The van der Waals surface area contributed by atoms with Gasteiger partial charge < -0.3 is 9.47 Å². The number of hydrogen-bond donors (Lipinski definition) is 0. The molecule has 0 atom stereocenters. The first-order chi connectivity index (χ1) is 7.61. The van der Waals surface area contributed by atoms with Gasteiger partial charge in [-0.3, -0.25) is 0 Å². The molecule has 1 rings (SSSR count). The Bertz CT molecular complexity index is 272. The van der Waals surface area contributed by atoms with Gasteiger partial charge in [-0.2, -0.15) is 0 Å². The molecule has 0 aliphatic heterocycles. The van der Waals surface area contributed by atoms with Crippen LogP contribution >= 0.6 is 0 Å². The molecule has 0 N–H and O–H groups in total. The summed E-state index contributed by atoms with van der Waals surface area (Å²) in [5.41, 5.74) is 2.33. The van der Waals surface area contributed by atoms with Crippen molar-refractivity contribution in [3.63, 3.8) is 0 Å². The topological polar surface area (TPSA) is 18.5 Å². The normalized spacial score (nSPS) is 17.3. The molecular formula is C14H24O2. The molecule has 0 bridgehead atoms. The third-order valence-electron chi connectivity index (χ3n) is 3.00. The van der Waals surface area contributed by atoms with E-state index in [2.05, 4.69) is 20.4 Å². The summed E-state index contributed by atoms with van der Waals surface area (Å²) < 4.78 is 11.1. The van der Waals surface area contributed by atoms with E-state index in [1.807, 2.05) is 6.92 Å². The summed E-state index contributed by atoms with van der Waals surface area (Å²) in [5, 5.41) is 0. The van der Waals surface area contributed by atoms with Crippen molar-refractivity contribution in [3.05, 3.63) is 23.5 Å². The average Bonchev–Trinajstić information content (AvgIpc) is 3.07. The van der Waals surface area contributed by atoms with E-state index < -0.39 is 0 Å². The van der Waals surface area contributed by atoms with Crippen LogP contribution in [0, 0.1) is 11.8 Å². The highest BCUT2D eigenvalue weighted by molar-refractivity contribution is 5.35. The van der Waals surface area contributed by atoms with Crippen LogP contribution in [0.1, 0.15) is 33.6 Å². The zero-order valence-electron chi connectivity index (χ0n) is 11.0. The predicted octanol–water partition coefficient (Wildman–Crippen LogP) is 3.55. The number of allylic oxidation sites excluding steroid dienone is 1. The highest BCUT2D eigenvalue weighted by Gasteiger charge is 2.30. The van der Waals surface area contributed by atoms with Crippen LogP contribution < -0.4 is 0 Å². The molecule has 16 heavy (non-hydrogen) atoms. The monoisotopic (exact) mass is 224 g/mol. The summed E-state index contributed by atoms with van der Waals surface area (Å²) in [6.07, 6.45) is 2.48. The standard InChI is InChI=1S/C14H24O2/c1-6-16-9-13(11(4)10(2)3)14(15-5)12-7-8-12/h10,12H,4,6-9H2,1-3,5H3/b14-13-. The largest absolute Gasteiger partial charge is 0.500 e. The van der Waals surface area contributed by atoms with Crippen molar-refractivity contribution in [1.29, 1.82) is 0 Å². The Labute approximate surface area is 99.3 Å². The van der Waals surface area contributed by atoms with Crippen molar-refractivity contribution in [2.24, 2.45) is 11.8 Å². The van der Waals surface area contributed by atoms with Crippen molar-refractivity contribution in [1.82, 2.24) is 0 Å². The quantitative estimate of drug-likeness (QED) is 0.486. The Balaban J connectivity index is 2.86. The van der Waals surface area contributed by atoms with Gasteiger partial charge in [-0.25, -0.2) is 0 Å². The van der Waals surface area contributed by atoms with Crippen LogP contribution in [0.25, 0.3) is 0 Å². The van der Waals surface area contributed by atoms with Crippen molar-refractivity contribution < 1.29 is 9.47 Å². The van der Waals surface area contributed by atoms with Gasteiger partial charge in [0.1, 0.15) is 5.76 Å². The Morgan fingerprint density at radius 3 is 2.38 bits per heavy atom. The third kappa shape index (κ3) is 3.38. The van der Waals surface area contributed by atoms with Gasteiger partial charge in [-0.15, -0.1) is 0 Å². The van der Waals surface area contributed by atoms with Gasteiger partial charge in [0.05, 0.1) is 13.7 Å². The molecule has 0 aromatic carbocycles. The van der Waals surface area contributed by atoms with Crippen LogP contribution in [0.15, 0.2) is 23.5 Å². The van der Waals surface area contributed by atoms with Crippen LogP contribution in [0.4, 0.5) is 0 Å². The van der Waals surface area contributed by atoms with Gasteiger partial charge in [0.2, 0.25) is 0 Å². The fourth-order valence-corrected chi connectivity index (χ4v) is 1.76. The summed E-state index contributed by atoms with van der Waals surface area (Å²) >= 11 is 0. The summed E-state index contributed by atoms with van der Waals surface area (Å²) in [6.45, 7) is 11.9. The first-order valence-corrected chi connectivity index (χ1v) is 6.15. The lowest BCUT2D eigenvalue weighted by Crippen LogP contribution is -2.10. The molecule has 1 aliphatic carbocycles.